The van der Waals surface area contributed by atoms with Gasteiger partial charge in [0, 0.05) is 38.3 Å². The molecule has 0 saturated carbocycles. The largest absolute Gasteiger partial charge is 0.494 e. The molecule has 2 N–H and O–H groups in total. The number of hydrogen-bond acceptors (Lipinski definition) is 3. The Labute approximate surface area is 170 Å². The smallest absolute Gasteiger partial charge is 0.191 e. The third-order valence-electron chi connectivity index (χ3n) is 4.35. The molecule has 7 heteroatoms. The highest BCUT2D eigenvalue weighted by molar-refractivity contribution is 5.79. The van der Waals surface area contributed by atoms with E-state index in [2.05, 4.69) is 20.7 Å². The SMILES string of the molecule is CCOc1ccccc1CNC(=NC)NCCc1ccn(-c2ccc(F)cc2)n1. The van der Waals surface area contributed by atoms with Gasteiger partial charge in [0.05, 0.1) is 18.0 Å². The minimum absolute atomic E-state index is 0.256. The van der Waals surface area contributed by atoms with Crippen LogP contribution in [0, 0.1) is 5.82 Å². The molecule has 0 amide bonds. The van der Waals surface area contributed by atoms with Crippen LogP contribution < -0.4 is 15.4 Å². The Morgan fingerprint density at radius 2 is 1.90 bits per heavy atom. The quantitative estimate of drug-likeness (QED) is 0.454. The summed E-state index contributed by atoms with van der Waals surface area (Å²) in [5.74, 6) is 1.34. The number of benzene rings is 2. The van der Waals surface area contributed by atoms with Crippen molar-refractivity contribution in [1.82, 2.24) is 20.4 Å². The Morgan fingerprint density at radius 3 is 2.66 bits per heavy atom. The summed E-state index contributed by atoms with van der Waals surface area (Å²) in [7, 11) is 1.74. The van der Waals surface area contributed by atoms with Crippen LogP contribution in [0.25, 0.3) is 5.69 Å². The summed E-state index contributed by atoms with van der Waals surface area (Å²) >= 11 is 0. The maximum Gasteiger partial charge on any atom is 0.191 e. The summed E-state index contributed by atoms with van der Waals surface area (Å²) in [6, 6.07) is 16.2. The maximum absolute atomic E-state index is 13.1. The van der Waals surface area contributed by atoms with Crippen molar-refractivity contribution in [3.8, 4) is 11.4 Å². The first-order valence-electron chi connectivity index (χ1n) is 9.65. The van der Waals surface area contributed by atoms with Crippen LogP contribution in [0.3, 0.4) is 0 Å². The zero-order valence-electron chi connectivity index (χ0n) is 16.7. The highest BCUT2D eigenvalue weighted by Crippen LogP contribution is 2.17. The van der Waals surface area contributed by atoms with Gasteiger partial charge >= 0.3 is 0 Å². The molecule has 0 aliphatic heterocycles. The molecule has 1 heterocycles. The van der Waals surface area contributed by atoms with E-state index in [0.29, 0.717) is 25.7 Å². The number of guanidine groups is 1. The van der Waals surface area contributed by atoms with Gasteiger partial charge in [-0.15, -0.1) is 0 Å². The lowest BCUT2D eigenvalue weighted by Crippen LogP contribution is -2.38. The number of aromatic nitrogens is 2. The van der Waals surface area contributed by atoms with Gasteiger partial charge < -0.3 is 15.4 Å². The lowest BCUT2D eigenvalue weighted by atomic mass is 10.2. The van der Waals surface area contributed by atoms with Crippen LogP contribution in [0.2, 0.25) is 0 Å². The zero-order valence-corrected chi connectivity index (χ0v) is 16.7. The number of nitrogens with one attached hydrogen (secondary N) is 2. The molecule has 3 aromatic rings. The summed E-state index contributed by atoms with van der Waals surface area (Å²) in [5, 5.41) is 11.1. The average Bonchev–Trinajstić information content (AvgIpc) is 3.21. The molecule has 0 aliphatic carbocycles. The number of hydrogen-bond donors (Lipinski definition) is 2. The molecular weight excluding hydrogens is 369 g/mol. The fourth-order valence-electron chi connectivity index (χ4n) is 2.89. The monoisotopic (exact) mass is 395 g/mol. The van der Waals surface area contributed by atoms with Gasteiger partial charge in [-0.2, -0.15) is 5.10 Å². The van der Waals surface area contributed by atoms with Crippen molar-refractivity contribution in [3.63, 3.8) is 0 Å². The molecule has 152 valence electrons. The number of para-hydroxylation sites is 1. The first-order valence-corrected chi connectivity index (χ1v) is 9.65. The molecule has 29 heavy (non-hydrogen) atoms. The molecule has 0 fully saturated rings. The molecule has 6 nitrogen and oxygen atoms in total. The zero-order chi connectivity index (χ0) is 20.5. The fraction of sp³-hybridized carbons (Fsp3) is 0.273. The number of aliphatic imine (C=N–C) groups is 1. The molecule has 0 atom stereocenters. The van der Waals surface area contributed by atoms with Gasteiger partial charge in [-0.1, -0.05) is 18.2 Å². The van der Waals surface area contributed by atoms with E-state index in [1.807, 2.05) is 43.5 Å². The number of rotatable bonds is 8. The van der Waals surface area contributed by atoms with Crippen LogP contribution in [0.1, 0.15) is 18.2 Å². The third kappa shape index (κ3) is 5.81. The summed E-state index contributed by atoms with van der Waals surface area (Å²) in [6.45, 7) is 3.92. The predicted molar refractivity (Wildman–Crippen MR) is 113 cm³/mol. The molecular formula is C22H26FN5O. The number of nitrogens with zero attached hydrogens (tertiary/aromatic N) is 3. The minimum atomic E-state index is -0.256. The second-order valence-electron chi connectivity index (χ2n) is 6.37. The van der Waals surface area contributed by atoms with Crippen LogP contribution in [0.5, 0.6) is 5.75 Å². The van der Waals surface area contributed by atoms with E-state index in [0.717, 1.165) is 29.1 Å². The molecule has 3 rings (SSSR count). The Hall–Kier alpha value is -3.35. The van der Waals surface area contributed by atoms with Crippen molar-refractivity contribution >= 4 is 5.96 Å². The van der Waals surface area contributed by atoms with E-state index in [4.69, 9.17) is 4.74 Å². The molecule has 1 aromatic heterocycles. The first kappa shape index (κ1) is 20.4. The molecule has 0 bridgehead atoms. The van der Waals surface area contributed by atoms with Gasteiger partial charge in [0.1, 0.15) is 11.6 Å². The van der Waals surface area contributed by atoms with Gasteiger partial charge in [0.2, 0.25) is 0 Å². The Balaban J connectivity index is 1.49. The van der Waals surface area contributed by atoms with E-state index in [9.17, 15) is 4.39 Å². The van der Waals surface area contributed by atoms with Crippen molar-refractivity contribution in [3.05, 3.63) is 77.9 Å². The van der Waals surface area contributed by atoms with Crippen molar-refractivity contribution in [1.29, 1.82) is 0 Å². The average molecular weight is 395 g/mol. The lowest BCUT2D eigenvalue weighted by Gasteiger charge is -2.14. The van der Waals surface area contributed by atoms with Crippen LogP contribution >= 0.6 is 0 Å². The molecule has 0 spiro atoms. The Kier molecular flexibility index (Phi) is 7.22. The lowest BCUT2D eigenvalue weighted by molar-refractivity contribution is 0.336. The van der Waals surface area contributed by atoms with Crippen molar-refractivity contribution in [2.75, 3.05) is 20.2 Å². The summed E-state index contributed by atoms with van der Waals surface area (Å²) in [4.78, 5) is 4.26. The topological polar surface area (TPSA) is 63.5 Å². The van der Waals surface area contributed by atoms with Gasteiger partial charge in [0.15, 0.2) is 5.96 Å². The predicted octanol–water partition coefficient (Wildman–Crippen LogP) is 3.32. The molecule has 2 aromatic carbocycles. The van der Waals surface area contributed by atoms with E-state index in [-0.39, 0.29) is 5.82 Å². The van der Waals surface area contributed by atoms with Crippen molar-refractivity contribution in [2.24, 2.45) is 4.99 Å². The van der Waals surface area contributed by atoms with Gasteiger partial charge in [0.25, 0.3) is 0 Å². The van der Waals surface area contributed by atoms with Gasteiger partial charge in [-0.05, 0) is 43.3 Å². The van der Waals surface area contributed by atoms with E-state index in [1.165, 1.54) is 12.1 Å². The highest BCUT2D eigenvalue weighted by Gasteiger charge is 2.05. The van der Waals surface area contributed by atoms with E-state index < -0.39 is 0 Å². The Bertz CT molecular complexity index is 936. The molecule has 0 unspecified atom stereocenters. The Morgan fingerprint density at radius 1 is 1.10 bits per heavy atom. The summed E-state index contributed by atoms with van der Waals surface area (Å²) < 4.78 is 20.5. The van der Waals surface area contributed by atoms with Crippen LogP contribution in [0.15, 0.2) is 65.8 Å². The fourth-order valence-corrected chi connectivity index (χ4v) is 2.89. The second kappa shape index (κ2) is 10.3. The van der Waals surface area contributed by atoms with Crippen molar-refractivity contribution < 1.29 is 9.13 Å². The normalized spacial score (nSPS) is 11.3. The van der Waals surface area contributed by atoms with Gasteiger partial charge in [-0.3, -0.25) is 4.99 Å². The first-order chi connectivity index (χ1) is 14.2. The molecule has 0 radical (unpaired) electrons. The van der Waals surface area contributed by atoms with Crippen LogP contribution in [0.4, 0.5) is 4.39 Å². The van der Waals surface area contributed by atoms with Gasteiger partial charge in [-0.25, -0.2) is 9.07 Å². The van der Waals surface area contributed by atoms with Crippen LogP contribution in [-0.2, 0) is 13.0 Å². The highest BCUT2D eigenvalue weighted by atomic mass is 19.1. The number of ether oxygens (including phenoxy) is 1. The standard InChI is InChI=1S/C22H26FN5O/c1-3-29-21-7-5-4-6-17(21)16-26-22(24-2)25-14-12-19-13-15-28(27-19)20-10-8-18(23)9-11-20/h4-11,13,15H,3,12,14,16H2,1-2H3,(H2,24,25,26). The maximum atomic E-state index is 13.1. The van der Waals surface area contributed by atoms with E-state index >= 15 is 0 Å². The second-order valence-corrected chi connectivity index (χ2v) is 6.37. The third-order valence-corrected chi connectivity index (χ3v) is 4.35. The van der Waals surface area contributed by atoms with Crippen LogP contribution in [-0.4, -0.2) is 35.9 Å². The number of halogens is 1. The summed E-state index contributed by atoms with van der Waals surface area (Å²) in [5.41, 5.74) is 2.85. The van der Waals surface area contributed by atoms with E-state index in [1.54, 1.807) is 23.9 Å². The van der Waals surface area contributed by atoms with Crippen molar-refractivity contribution in [2.45, 2.75) is 19.9 Å². The summed E-state index contributed by atoms with van der Waals surface area (Å²) in [6.07, 6.45) is 2.62. The molecule has 0 aliphatic rings. The molecule has 0 saturated heterocycles. The minimum Gasteiger partial charge on any atom is -0.494 e.